The van der Waals surface area contributed by atoms with Crippen molar-refractivity contribution in [1.29, 1.82) is 0 Å². The smallest absolute Gasteiger partial charge is 0.279 e. The van der Waals surface area contributed by atoms with Crippen LogP contribution in [-0.2, 0) is 21.2 Å². The molecule has 0 aromatic heterocycles. The number of sulfonamides is 1. The molecule has 1 fully saturated rings. The fraction of sp³-hybridized carbons (Fsp3) is 0.480. The van der Waals surface area contributed by atoms with E-state index < -0.39 is 10.0 Å². The number of hydrogen-bond acceptors (Lipinski definition) is 3. The quantitative estimate of drug-likeness (QED) is 0.698. The van der Waals surface area contributed by atoms with Crippen LogP contribution in [0.2, 0.25) is 0 Å². The summed E-state index contributed by atoms with van der Waals surface area (Å²) in [5.74, 6) is -0.0266. The van der Waals surface area contributed by atoms with Gasteiger partial charge in [-0.05, 0) is 74.4 Å². The maximum Gasteiger partial charge on any atom is 0.279 e. The summed E-state index contributed by atoms with van der Waals surface area (Å²) in [5, 5.41) is 3.08. The number of benzene rings is 2. The van der Waals surface area contributed by atoms with Crippen LogP contribution >= 0.6 is 0 Å². The molecule has 0 spiro atoms. The van der Waals surface area contributed by atoms with Crippen LogP contribution in [0, 0.1) is 34.6 Å². The lowest BCUT2D eigenvalue weighted by Crippen LogP contribution is -3.15. The molecular weight excluding hydrogens is 422 g/mol. The number of para-hydroxylation sites is 1. The molecule has 1 heterocycles. The fourth-order valence-electron chi connectivity index (χ4n) is 4.53. The zero-order valence-corrected chi connectivity index (χ0v) is 20.9. The highest BCUT2D eigenvalue weighted by Gasteiger charge is 2.33. The fourth-order valence-corrected chi connectivity index (χ4v) is 6.55. The van der Waals surface area contributed by atoms with E-state index in [9.17, 15) is 13.2 Å². The minimum absolute atomic E-state index is 0.0266. The van der Waals surface area contributed by atoms with E-state index in [4.69, 9.17) is 0 Å². The molecule has 1 aliphatic heterocycles. The molecule has 7 heteroatoms. The molecule has 0 saturated carbocycles. The first-order valence-corrected chi connectivity index (χ1v) is 12.8. The molecule has 6 nitrogen and oxygen atoms in total. The second kappa shape index (κ2) is 9.73. The number of amides is 1. The molecule has 2 aromatic rings. The van der Waals surface area contributed by atoms with Gasteiger partial charge in [-0.15, -0.1) is 0 Å². The third-order valence-electron chi connectivity index (χ3n) is 6.74. The Balaban J connectivity index is 1.67. The number of nitrogens with one attached hydrogen (secondary N) is 2. The number of quaternary nitrogens is 1. The van der Waals surface area contributed by atoms with Crippen molar-refractivity contribution in [2.75, 3.05) is 38.0 Å². The van der Waals surface area contributed by atoms with Crippen LogP contribution in [0.15, 0.2) is 29.2 Å². The lowest BCUT2D eigenvalue weighted by Gasteiger charge is -2.32. The van der Waals surface area contributed by atoms with E-state index in [1.807, 2.05) is 58.9 Å². The molecular formula is C25H36N3O3S+. The number of carbonyl (C=O) groups excluding carboxylic acids is 1. The van der Waals surface area contributed by atoms with Gasteiger partial charge >= 0.3 is 0 Å². The second-order valence-electron chi connectivity index (χ2n) is 8.93. The van der Waals surface area contributed by atoms with Crippen LogP contribution in [0.4, 0.5) is 5.69 Å². The highest BCUT2D eigenvalue weighted by Crippen LogP contribution is 2.28. The zero-order chi connectivity index (χ0) is 23.6. The minimum atomic E-state index is -3.56. The average molecular weight is 459 g/mol. The number of piperazine rings is 1. The standard InChI is InChI=1S/C25H35N3O3S/c1-7-22-10-8-9-17(2)24(22)26-23(29)16-27-11-13-28(14-12-27)32(30,31)25-20(5)18(3)15-19(4)21(25)6/h8-10,15H,7,11-14,16H2,1-6H3,(H,26,29)/p+1. The van der Waals surface area contributed by atoms with Gasteiger partial charge in [-0.1, -0.05) is 31.2 Å². The van der Waals surface area contributed by atoms with Crippen molar-refractivity contribution in [2.24, 2.45) is 0 Å². The summed E-state index contributed by atoms with van der Waals surface area (Å²) >= 11 is 0. The third kappa shape index (κ3) is 4.90. The maximum atomic E-state index is 13.4. The lowest BCUT2D eigenvalue weighted by molar-refractivity contribution is -0.895. The van der Waals surface area contributed by atoms with E-state index in [-0.39, 0.29) is 5.91 Å². The van der Waals surface area contributed by atoms with E-state index in [0.717, 1.165) is 50.4 Å². The lowest BCUT2D eigenvalue weighted by atomic mass is 10.0. The van der Waals surface area contributed by atoms with Crippen LogP contribution in [0.25, 0.3) is 0 Å². The van der Waals surface area contributed by atoms with Gasteiger partial charge in [-0.25, -0.2) is 8.42 Å². The average Bonchev–Trinajstić information content (AvgIpc) is 2.74. The van der Waals surface area contributed by atoms with Gasteiger partial charge in [0.1, 0.15) is 0 Å². The van der Waals surface area contributed by atoms with Gasteiger partial charge in [0, 0.05) is 5.69 Å². The molecule has 1 aliphatic rings. The van der Waals surface area contributed by atoms with E-state index >= 15 is 0 Å². The van der Waals surface area contributed by atoms with Crippen LogP contribution in [-0.4, -0.2) is 51.4 Å². The van der Waals surface area contributed by atoms with Crippen LogP contribution in [0.5, 0.6) is 0 Å². The first kappa shape index (κ1) is 24.4. The minimum Gasteiger partial charge on any atom is -0.325 e. The molecule has 2 aromatic carbocycles. The summed E-state index contributed by atoms with van der Waals surface area (Å²) in [6.45, 7) is 14.2. The predicted molar refractivity (Wildman–Crippen MR) is 129 cm³/mol. The number of carbonyl (C=O) groups is 1. The van der Waals surface area contributed by atoms with Crippen molar-refractivity contribution in [2.45, 2.75) is 52.9 Å². The number of nitrogens with zero attached hydrogens (tertiary/aromatic N) is 1. The van der Waals surface area contributed by atoms with Crippen molar-refractivity contribution in [3.63, 3.8) is 0 Å². The van der Waals surface area contributed by atoms with Gasteiger partial charge in [-0.2, -0.15) is 4.31 Å². The molecule has 1 amide bonds. The van der Waals surface area contributed by atoms with E-state index in [1.165, 1.54) is 0 Å². The molecule has 3 rings (SSSR count). The Kier molecular flexibility index (Phi) is 7.43. The van der Waals surface area contributed by atoms with Crippen LogP contribution in [0.1, 0.15) is 40.3 Å². The van der Waals surface area contributed by atoms with E-state index in [0.29, 0.717) is 37.6 Å². The molecule has 1 saturated heterocycles. The van der Waals surface area contributed by atoms with Gasteiger partial charge < -0.3 is 10.2 Å². The number of aryl methyl sites for hydroxylation is 4. The third-order valence-corrected chi connectivity index (χ3v) is 8.91. The van der Waals surface area contributed by atoms with Gasteiger partial charge in [0.05, 0.1) is 31.1 Å². The summed E-state index contributed by atoms with van der Waals surface area (Å²) in [6, 6.07) is 8.09. The molecule has 32 heavy (non-hydrogen) atoms. The number of rotatable bonds is 6. The summed E-state index contributed by atoms with van der Waals surface area (Å²) in [5.41, 5.74) is 6.73. The van der Waals surface area contributed by atoms with Crippen molar-refractivity contribution in [3.05, 3.63) is 57.6 Å². The van der Waals surface area contributed by atoms with Gasteiger partial charge in [0.25, 0.3) is 5.91 Å². The molecule has 0 unspecified atom stereocenters. The van der Waals surface area contributed by atoms with Crippen LogP contribution in [0.3, 0.4) is 0 Å². The highest BCUT2D eigenvalue weighted by atomic mass is 32.2. The van der Waals surface area contributed by atoms with Crippen LogP contribution < -0.4 is 10.2 Å². The Hall–Kier alpha value is -2.22. The largest absolute Gasteiger partial charge is 0.325 e. The van der Waals surface area contributed by atoms with Gasteiger partial charge in [-0.3, -0.25) is 4.79 Å². The van der Waals surface area contributed by atoms with Crippen molar-refractivity contribution in [1.82, 2.24) is 4.31 Å². The van der Waals surface area contributed by atoms with Crippen molar-refractivity contribution in [3.8, 4) is 0 Å². The molecule has 2 N–H and O–H groups in total. The summed E-state index contributed by atoms with van der Waals surface area (Å²) < 4.78 is 28.5. The maximum absolute atomic E-state index is 13.4. The zero-order valence-electron chi connectivity index (χ0n) is 20.1. The van der Waals surface area contributed by atoms with E-state index in [2.05, 4.69) is 12.2 Å². The second-order valence-corrected chi connectivity index (χ2v) is 10.8. The van der Waals surface area contributed by atoms with Gasteiger partial charge in [0.2, 0.25) is 10.0 Å². The van der Waals surface area contributed by atoms with Crippen molar-refractivity contribution >= 4 is 21.6 Å². The Morgan fingerprint density at radius 1 is 1.00 bits per heavy atom. The Morgan fingerprint density at radius 2 is 1.59 bits per heavy atom. The first-order chi connectivity index (χ1) is 15.1. The molecule has 0 atom stereocenters. The van der Waals surface area contributed by atoms with E-state index in [1.54, 1.807) is 4.31 Å². The Labute approximate surface area is 192 Å². The summed E-state index contributed by atoms with van der Waals surface area (Å²) in [7, 11) is -3.56. The molecule has 0 radical (unpaired) electrons. The SMILES string of the molecule is CCc1cccc(C)c1NC(=O)C[NH+]1CCN(S(=O)(=O)c2c(C)c(C)cc(C)c2C)CC1. The first-order valence-electron chi connectivity index (χ1n) is 11.4. The predicted octanol–water partition coefficient (Wildman–Crippen LogP) is 2.32. The Bertz CT molecular complexity index is 1090. The van der Waals surface area contributed by atoms with Crippen molar-refractivity contribution < 1.29 is 18.1 Å². The topological polar surface area (TPSA) is 70.9 Å². The summed E-state index contributed by atoms with van der Waals surface area (Å²) in [6.07, 6.45) is 0.859. The summed E-state index contributed by atoms with van der Waals surface area (Å²) in [4.78, 5) is 14.3. The Morgan fingerprint density at radius 3 is 2.16 bits per heavy atom. The highest BCUT2D eigenvalue weighted by molar-refractivity contribution is 7.89. The number of hydrogen-bond donors (Lipinski definition) is 2. The molecule has 0 aliphatic carbocycles. The van der Waals surface area contributed by atoms with Gasteiger partial charge in [0.15, 0.2) is 6.54 Å². The monoisotopic (exact) mass is 458 g/mol. The molecule has 0 bridgehead atoms. The normalized spacial score (nSPS) is 15.7. The molecule has 174 valence electrons. The number of anilines is 1.